The maximum absolute atomic E-state index is 12.0. The van der Waals surface area contributed by atoms with Crippen LogP contribution in [0.4, 0.5) is 10.9 Å². The quantitative estimate of drug-likeness (QED) is 0.776. The summed E-state index contributed by atoms with van der Waals surface area (Å²) in [5.41, 5.74) is 5.80. The first-order valence-corrected chi connectivity index (χ1v) is 7.27. The Kier molecular flexibility index (Phi) is 2.89. The van der Waals surface area contributed by atoms with Gasteiger partial charge in [-0.2, -0.15) is 0 Å². The van der Waals surface area contributed by atoms with Crippen molar-refractivity contribution in [2.45, 2.75) is 44.7 Å². The Labute approximate surface area is 110 Å². The smallest absolute Gasteiger partial charge is 0.265 e. The van der Waals surface area contributed by atoms with Crippen LogP contribution in [0.3, 0.4) is 0 Å². The molecule has 1 amide bonds. The highest BCUT2D eigenvalue weighted by Crippen LogP contribution is 2.31. The first-order chi connectivity index (χ1) is 8.61. The summed E-state index contributed by atoms with van der Waals surface area (Å²) in [6.45, 7) is 2.20. The molecule has 4 N–H and O–H groups in total. The molecule has 0 spiro atoms. The van der Waals surface area contributed by atoms with Crippen molar-refractivity contribution in [3.8, 4) is 0 Å². The van der Waals surface area contributed by atoms with Gasteiger partial charge in [-0.05, 0) is 31.6 Å². The molecule has 5 nitrogen and oxygen atoms in total. The molecule has 0 atom stereocenters. The molecule has 2 fully saturated rings. The summed E-state index contributed by atoms with van der Waals surface area (Å²) >= 11 is 1.35. The first-order valence-electron chi connectivity index (χ1n) is 6.45. The minimum Gasteiger partial charge on any atom is -0.382 e. The van der Waals surface area contributed by atoms with Gasteiger partial charge in [0.25, 0.3) is 5.91 Å². The molecule has 0 aliphatic heterocycles. The third-order valence-electron chi connectivity index (χ3n) is 3.47. The van der Waals surface area contributed by atoms with E-state index in [9.17, 15) is 4.79 Å². The van der Waals surface area contributed by atoms with Gasteiger partial charge in [0.05, 0.1) is 0 Å². The van der Waals surface area contributed by atoms with E-state index >= 15 is 0 Å². The SMILES string of the molecule is CC1CC(NC(=O)c2sc(NC3CC3)nc2N)C1. The van der Waals surface area contributed by atoms with Crippen LogP contribution in [0, 0.1) is 5.92 Å². The van der Waals surface area contributed by atoms with Gasteiger partial charge in [0.2, 0.25) is 0 Å². The highest BCUT2D eigenvalue weighted by molar-refractivity contribution is 7.18. The summed E-state index contributed by atoms with van der Waals surface area (Å²) in [6, 6.07) is 0.841. The summed E-state index contributed by atoms with van der Waals surface area (Å²) < 4.78 is 0. The number of nitrogens with one attached hydrogen (secondary N) is 2. The van der Waals surface area contributed by atoms with Crippen molar-refractivity contribution in [2.24, 2.45) is 5.92 Å². The fourth-order valence-electron chi connectivity index (χ4n) is 2.23. The predicted octanol–water partition coefficient (Wildman–Crippen LogP) is 1.83. The summed E-state index contributed by atoms with van der Waals surface area (Å²) in [6.07, 6.45) is 4.50. The largest absolute Gasteiger partial charge is 0.382 e. The molecular formula is C12H18N4OS. The van der Waals surface area contributed by atoms with Gasteiger partial charge < -0.3 is 16.4 Å². The van der Waals surface area contributed by atoms with Crippen molar-refractivity contribution in [2.75, 3.05) is 11.1 Å². The van der Waals surface area contributed by atoms with Crippen molar-refractivity contribution in [3.63, 3.8) is 0 Å². The van der Waals surface area contributed by atoms with E-state index in [1.165, 1.54) is 24.2 Å². The molecule has 3 rings (SSSR count). The second kappa shape index (κ2) is 4.42. The van der Waals surface area contributed by atoms with Gasteiger partial charge in [-0.25, -0.2) is 4.98 Å². The van der Waals surface area contributed by atoms with E-state index in [-0.39, 0.29) is 5.91 Å². The Morgan fingerprint density at radius 3 is 2.72 bits per heavy atom. The first kappa shape index (κ1) is 11.8. The standard InChI is InChI=1S/C12H18N4OS/c1-6-4-8(5-6)14-11(17)9-10(13)16-12(18-9)15-7-2-3-7/h6-8H,2-5,13H2,1H3,(H,14,17)(H,15,16). The van der Waals surface area contributed by atoms with Gasteiger partial charge in [-0.15, -0.1) is 0 Å². The lowest BCUT2D eigenvalue weighted by molar-refractivity contribution is 0.0901. The fraction of sp³-hybridized carbons (Fsp3) is 0.667. The maximum atomic E-state index is 12.0. The van der Waals surface area contributed by atoms with Crippen LogP contribution in [-0.2, 0) is 0 Å². The molecule has 1 heterocycles. The lowest BCUT2D eigenvalue weighted by Gasteiger charge is -2.33. The van der Waals surface area contributed by atoms with Crippen LogP contribution >= 0.6 is 11.3 Å². The Morgan fingerprint density at radius 1 is 1.39 bits per heavy atom. The summed E-state index contributed by atoms with van der Waals surface area (Å²) in [5, 5.41) is 7.04. The van der Waals surface area contributed by atoms with Gasteiger partial charge in [0, 0.05) is 12.1 Å². The Hall–Kier alpha value is -1.30. The molecule has 18 heavy (non-hydrogen) atoms. The summed E-state index contributed by atoms with van der Waals surface area (Å²) in [5.74, 6) is 0.986. The molecule has 0 bridgehead atoms. The lowest BCUT2D eigenvalue weighted by atomic mass is 9.82. The highest BCUT2D eigenvalue weighted by Gasteiger charge is 2.29. The van der Waals surface area contributed by atoms with E-state index in [0.717, 1.165) is 23.9 Å². The van der Waals surface area contributed by atoms with Crippen LogP contribution in [-0.4, -0.2) is 23.0 Å². The van der Waals surface area contributed by atoms with Gasteiger partial charge in [0.15, 0.2) is 5.13 Å². The zero-order valence-electron chi connectivity index (χ0n) is 10.4. The number of carbonyl (C=O) groups is 1. The number of nitrogen functional groups attached to an aromatic ring is 1. The molecular weight excluding hydrogens is 248 g/mol. The number of anilines is 2. The van der Waals surface area contributed by atoms with E-state index < -0.39 is 0 Å². The van der Waals surface area contributed by atoms with Crippen LogP contribution in [0.15, 0.2) is 0 Å². The molecule has 2 saturated carbocycles. The monoisotopic (exact) mass is 266 g/mol. The molecule has 6 heteroatoms. The number of carbonyl (C=O) groups excluding carboxylic acids is 1. The Bertz CT molecular complexity index is 463. The number of hydrogen-bond acceptors (Lipinski definition) is 5. The van der Waals surface area contributed by atoms with E-state index in [1.54, 1.807) is 0 Å². The van der Waals surface area contributed by atoms with Gasteiger partial charge in [-0.3, -0.25) is 4.79 Å². The number of aromatic nitrogens is 1. The number of hydrogen-bond donors (Lipinski definition) is 3. The normalized spacial score (nSPS) is 26.5. The van der Waals surface area contributed by atoms with Gasteiger partial charge in [0.1, 0.15) is 10.7 Å². The van der Waals surface area contributed by atoms with Crippen molar-refractivity contribution in [1.29, 1.82) is 0 Å². The fourth-order valence-corrected chi connectivity index (χ4v) is 3.09. The average molecular weight is 266 g/mol. The predicted molar refractivity (Wildman–Crippen MR) is 72.8 cm³/mol. The summed E-state index contributed by atoms with van der Waals surface area (Å²) in [7, 11) is 0. The minimum atomic E-state index is -0.0780. The van der Waals surface area contributed by atoms with E-state index in [2.05, 4.69) is 22.5 Å². The molecule has 0 aromatic carbocycles. The number of amides is 1. The van der Waals surface area contributed by atoms with Crippen molar-refractivity contribution in [3.05, 3.63) is 4.88 Å². The molecule has 2 aliphatic carbocycles. The minimum absolute atomic E-state index is 0.0780. The highest BCUT2D eigenvalue weighted by atomic mass is 32.1. The molecule has 0 radical (unpaired) electrons. The number of rotatable bonds is 4. The lowest BCUT2D eigenvalue weighted by Crippen LogP contribution is -2.43. The molecule has 2 aliphatic rings. The van der Waals surface area contributed by atoms with Crippen LogP contribution in [0.2, 0.25) is 0 Å². The van der Waals surface area contributed by atoms with E-state index in [1.807, 2.05) is 0 Å². The van der Waals surface area contributed by atoms with Crippen LogP contribution in [0.1, 0.15) is 42.3 Å². The Balaban J connectivity index is 1.62. The van der Waals surface area contributed by atoms with Crippen molar-refractivity contribution >= 4 is 28.2 Å². The van der Waals surface area contributed by atoms with Crippen LogP contribution in [0.5, 0.6) is 0 Å². The van der Waals surface area contributed by atoms with Crippen LogP contribution < -0.4 is 16.4 Å². The van der Waals surface area contributed by atoms with E-state index in [0.29, 0.717) is 22.8 Å². The molecule has 1 aromatic heterocycles. The number of nitrogens with two attached hydrogens (primary N) is 1. The van der Waals surface area contributed by atoms with Crippen LogP contribution in [0.25, 0.3) is 0 Å². The number of thiazole rings is 1. The maximum Gasteiger partial charge on any atom is 0.265 e. The summed E-state index contributed by atoms with van der Waals surface area (Å²) in [4.78, 5) is 16.8. The molecule has 0 unspecified atom stereocenters. The second-order valence-corrected chi connectivity index (χ2v) is 6.40. The average Bonchev–Trinajstić information content (AvgIpc) is 2.99. The third-order valence-corrected chi connectivity index (χ3v) is 4.47. The molecule has 1 aromatic rings. The zero-order chi connectivity index (χ0) is 12.7. The van der Waals surface area contributed by atoms with Crippen molar-refractivity contribution in [1.82, 2.24) is 10.3 Å². The molecule has 0 saturated heterocycles. The van der Waals surface area contributed by atoms with Gasteiger partial charge in [-0.1, -0.05) is 18.3 Å². The second-order valence-electron chi connectivity index (χ2n) is 5.40. The Morgan fingerprint density at radius 2 is 2.11 bits per heavy atom. The molecule has 98 valence electrons. The zero-order valence-corrected chi connectivity index (χ0v) is 11.2. The van der Waals surface area contributed by atoms with E-state index in [4.69, 9.17) is 5.73 Å². The van der Waals surface area contributed by atoms with Crippen molar-refractivity contribution < 1.29 is 4.79 Å². The topological polar surface area (TPSA) is 80.0 Å². The third kappa shape index (κ3) is 2.43. The van der Waals surface area contributed by atoms with Gasteiger partial charge >= 0.3 is 0 Å². The number of nitrogens with zero attached hydrogens (tertiary/aromatic N) is 1.